The molecule has 0 atom stereocenters. The standard InChI is InChI=1S/C30H45N7O7S/c1-18(38)32-25-34-21(23(45-25)24(40)31-17-16-22(39)35(8)9)15-12-19-10-13-20(14-11-19)33-26(36(27(41)42)29(2,3)4)37(28(43)44)30(5,6)7/h10-11,13-14,26,33H,12,15-17H2,1-9H3,(H,31,40)(H,41,42)(H,43,44)(H,32,34,38). The third-order valence-corrected chi connectivity index (χ3v) is 7.57. The lowest BCUT2D eigenvalue weighted by Gasteiger charge is -2.48. The van der Waals surface area contributed by atoms with Crippen molar-refractivity contribution in [2.75, 3.05) is 31.3 Å². The molecule has 1 aromatic carbocycles. The first-order chi connectivity index (χ1) is 20.7. The molecule has 0 radical (unpaired) electrons. The molecular weight excluding hydrogens is 602 g/mol. The Morgan fingerprint density at radius 3 is 1.87 bits per heavy atom. The van der Waals surface area contributed by atoms with E-state index in [1.54, 1.807) is 67.8 Å². The van der Waals surface area contributed by atoms with E-state index >= 15 is 0 Å². The van der Waals surface area contributed by atoms with Gasteiger partial charge in [0.2, 0.25) is 11.8 Å². The fraction of sp³-hybridized carbons (Fsp3) is 0.533. The van der Waals surface area contributed by atoms with Gasteiger partial charge in [-0.05, 0) is 72.1 Å². The summed E-state index contributed by atoms with van der Waals surface area (Å²) in [5.41, 5.74) is 0.0112. The van der Waals surface area contributed by atoms with Gasteiger partial charge in [-0.2, -0.15) is 0 Å². The van der Waals surface area contributed by atoms with Crippen LogP contribution in [-0.4, -0.2) is 97.8 Å². The second-order valence-electron chi connectivity index (χ2n) is 12.6. The number of carbonyl (C=O) groups is 5. The SMILES string of the molecule is CC(=O)Nc1nc(CCc2ccc(NC(N(C(=O)O)C(C)(C)C)N(C(=O)O)C(C)(C)C)cc2)c(C(=O)NCCC(=O)N(C)C)s1. The van der Waals surface area contributed by atoms with Crippen LogP contribution in [0.3, 0.4) is 0 Å². The van der Waals surface area contributed by atoms with Crippen LogP contribution in [0.25, 0.3) is 0 Å². The topological polar surface area (TPSA) is 185 Å². The number of thiazole rings is 1. The first kappa shape index (κ1) is 36.8. The van der Waals surface area contributed by atoms with Crippen LogP contribution >= 0.6 is 11.3 Å². The number of benzene rings is 1. The van der Waals surface area contributed by atoms with E-state index in [1.165, 1.54) is 11.8 Å². The summed E-state index contributed by atoms with van der Waals surface area (Å²) in [5.74, 6) is -0.827. The molecule has 0 aliphatic heterocycles. The van der Waals surface area contributed by atoms with Gasteiger partial charge < -0.3 is 31.1 Å². The van der Waals surface area contributed by atoms with Crippen LogP contribution < -0.4 is 16.0 Å². The van der Waals surface area contributed by atoms with Gasteiger partial charge in [-0.3, -0.25) is 24.2 Å². The Morgan fingerprint density at radius 2 is 1.42 bits per heavy atom. The van der Waals surface area contributed by atoms with Gasteiger partial charge in [-0.25, -0.2) is 14.6 Å². The van der Waals surface area contributed by atoms with Crippen molar-refractivity contribution in [3.05, 3.63) is 40.4 Å². The summed E-state index contributed by atoms with van der Waals surface area (Å²) >= 11 is 1.05. The number of hydrogen-bond acceptors (Lipinski definition) is 8. The molecule has 248 valence electrons. The van der Waals surface area contributed by atoms with E-state index in [0.717, 1.165) is 26.7 Å². The van der Waals surface area contributed by atoms with Gasteiger partial charge in [0.1, 0.15) is 4.88 Å². The molecular formula is C30H45N7O7S. The molecule has 0 spiro atoms. The monoisotopic (exact) mass is 647 g/mol. The molecule has 0 saturated carbocycles. The molecule has 14 nitrogen and oxygen atoms in total. The zero-order valence-electron chi connectivity index (χ0n) is 27.3. The highest BCUT2D eigenvalue weighted by molar-refractivity contribution is 7.17. The quantitative estimate of drug-likeness (QED) is 0.209. The Kier molecular flexibility index (Phi) is 12.3. The van der Waals surface area contributed by atoms with Crippen molar-refractivity contribution in [2.45, 2.75) is 85.1 Å². The number of nitrogens with one attached hydrogen (secondary N) is 3. The Morgan fingerprint density at radius 1 is 0.889 bits per heavy atom. The molecule has 45 heavy (non-hydrogen) atoms. The summed E-state index contributed by atoms with van der Waals surface area (Å²) in [6.45, 7) is 11.6. The highest BCUT2D eigenvalue weighted by atomic mass is 32.1. The molecule has 0 aliphatic carbocycles. The summed E-state index contributed by atoms with van der Waals surface area (Å²) in [6.07, 6.45) is -2.79. The van der Waals surface area contributed by atoms with E-state index in [0.29, 0.717) is 34.2 Å². The number of rotatable bonds is 12. The molecule has 2 rings (SSSR count). The van der Waals surface area contributed by atoms with Gasteiger partial charge in [-0.15, -0.1) is 0 Å². The van der Waals surface area contributed by atoms with Crippen LogP contribution in [0.5, 0.6) is 0 Å². The summed E-state index contributed by atoms with van der Waals surface area (Å²) in [7, 11) is 3.28. The van der Waals surface area contributed by atoms with Crippen LogP contribution in [-0.2, 0) is 22.4 Å². The summed E-state index contributed by atoms with van der Waals surface area (Å²) in [4.78, 5) is 69.5. The number of carboxylic acid groups (broad SMARTS) is 2. The van der Waals surface area contributed by atoms with Crippen LogP contribution in [0, 0.1) is 0 Å². The average Bonchev–Trinajstić information content (AvgIpc) is 3.27. The maximum atomic E-state index is 12.9. The average molecular weight is 648 g/mol. The molecule has 0 unspecified atom stereocenters. The van der Waals surface area contributed by atoms with Crippen LogP contribution in [0.1, 0.15) is 75.8 Å². The zero-order chi connectivity index (χ0) is 34.3. The third kappa shape index (κ3) is 10.6. The fourth-order valence-corrected chi connectivity index (χ4v) is 5.40. The molecule has 0 fully saturated rings. The lowest BCUT2D eigenvalue weighted by Crippen LogP contribution is -2.66. The molecule has 2 aromatic rings. The minimum Gasteiger partial charge on any atom is -0.465 e. The Labute approximate surface area is 267 Å². The zero-order valence-corrected chi connectivity index (χ0v) is 28.2. The summed E-state index contributed by atoms with van der Waals surface area (Å²) < 4.78 is 0. The Hall–Kier alpha value is -4.40. The Balaban J connectivity index is 2.28. The lowest BCUT2D eigenvalue weighted by molar-refractivity contribution is -0.128. The van der Waals surface area contributed by atoms with Crippen molar-refractivity contribution >= 4 is 52.1 Å². The number of amides is 5. The maximum absolute atomic E-state index is 12.9. The number of hydrogen-bond donors (Lipinski definition) is 5. The number of aromatic nitrogens is 1. The molecule has 1 aromatic heterocycles. The van der Waals surface area contributed by atoms with Gasteiger partial charge in [0, 0.05) is 50.7 Å². The van der Waals surface area contributed by atoms with Gasteiger partial charge in [0.05, 0.1) is 5.69 Å². The second kappa shape index (κ2) is 15.1. The van der Waals surface area contributed by atoms with E-state index in [1.807, 2.05) is 12.1 Å². The number of nitrogens with zero attached hydrogens (tertiary/aromatic N) is 4. The Bertz CT molecular complexity index is 1350. The molecule has 0 aliphatic rings. The van der Waals surface area contributed by atoms with Crippen molar-refractivity contribution in [3.8, 4) is 0 Å². The molecule has 0 saturated heterocycles. The largest absolute Gasteiger partial charge is 0.465 e. The van der Waals surface area contributed by atoms with E-state index in [4.69, 9.17) is 0 Å². The highest BCUT2D eigenvalue weighted by Gasteiger charge is 2.43. The summed E-state index contributed by atoms with van der Waals surface area (Å²) in [6, 6.07) is 7.09. The molecule has 5 N–H and O–H groups in total. The minimum absolute atomic E-state index is 0.119. The smallest absolute Gasteiger partial charge is 0.410 e. The molecule has 5 amide bonds. The van der Waals surface area contributed by atoms with Crippen LogP contribution in [0.2, 0.25) is 0 Å². The molecule has 1 heterocycles. The number of aryl methyl sites for hydroxylation is 2. The first-order valence-corrected chi connectivity index (χ1v) is 15.2. The normalized spacial score (nSPS) is 11.5. The highest BCUT2D eigenvalue weighted by Crippen LogP contribution is 2.28. The van der Waals surface area contributed by atoms with Crippen molar-refractivity contribution in [1.82, 2.24) is 25.0 Å². The van der Waals surface area contributed by atoms with Crippen molar-refractivity contribution in [3.63, 3.8) is 0 Å². The second-order valence-corrected chi connectivity index (χ2v) is 13.6. The summed E-state index contributed by atoms with van der Waals surface area (Å²) in [5, 5.41) is 28.9. The minimum atomic E-state index is -1.28. The number of anilines is 2. The lowest BCUT2D eigenvalue weighted by atomic mass is 10.0. The van der Waals surface area contributed by atoms with E-state index in [-0.39, 0.29) is 30.7 Å². The van der Waals surface area contributed by atoms with Gasteiger partial charge in [-0.1, -0.05) is 23.5 Å². The van der Waals surface area contributed by atoms with Gasteiger partial charge in [0.15, 0.2) is 11.4 Å². The van der Waals surface area contributed by atoms with Crippen molar-refractivity contribution in [1.29, 1.82) is 0 Å². The van der Waals surface area contributed by atoms with E-state index in [9.17, 15) is 34.2 Å². The number of carbonyl (C=O) groups excluding carboxylic acids is 3. The predicted octanol–water partition coefficient (Wildman–Crippen LogP) is 4.35. The predicted molar refractivity (Wildman–Crippen MR) is 173 cm³/mol. The van der Waals surface area contributed by atoms with Gasteiger partial charge >= 0.3 is 12.2 Å². The van der Waals surface area contributed by atoms with Crippen molar-refractivity contribution in [2.24, 2.45) is 0 Å². The van der Waals surface area contributed by atoms with Crippen molar-refractivity contribution < 1.29 is 34.2 Å². The van der Waals surface area contributed by atoms with E-state index in [2.05, 4.69) is 20.9 Å². The maximum Gasteiger partial charge on any atom is 0.410 e. The van der Waals surface area contributed by atoms with E-state index < -0.39 is 29.6 Å². The molecule has 0 bridgehead atoms. The molecule has 15 heteroatoms. The van der Waals surface area contributed by atoms with Crippen LogP contribution in [0.15, 0.2) is 24.3 Å². The fourth-order valence-electron chi connectivity index (χ4n) is 4.43. The first-order valence-electron chi connectivity index (χ1n) is 14.4. The third-order valence-electron chi connectivity index (χ3n) is 6.56. The van der Waals surface area contributed by atoms with Crippen LogP contribution in [0.4, 0.5) is 20.4 Å². The van der Waals surface area contributed by atoms with Gasteiger partial charge in [0.25, 0.3) is 5.91 Å².